The third kappa shape index (κ3) is 3.76. The van der Waals surface area contributed by atoms with E-state index in [1.807, 2.05) is 13.8 Å². The number of nitrogens with one attached hydrogen (secondary N) is 1. The minimum Gasteiger partial charge on any atom is -0.493 e. The molecule has 2 unspecified atom stereocenters. The fourth-order valence-electron chi connectivity index (χ4n) is 2.78. The predicted molar refractivity (Wildman–Crippen MR) is 84.9 cm³/mol. The van der Waals surface area contributed by atoms with Gasteiger partial charge in [-0.05, 0) is 12.5 Å². The second kappa shape index (κ2) is 7.02. The molecule has 1 aromatic rings. The first-order valence-corrected chi connectivity index (χ1v) is 8.96. The fraction of sp³-hybridized carbons (Fsp3) is 0.600. The summed E-state index contributed by atoms with van der Waals surface area (Å²) in [5, 5.41) is 0. The smallest absolute Gasteiger partial charge is 0.243 e. The van der Waals surface area contributed by atoms with Crippen LogP contribution in [0.4, 0.5) is 4.39 Å². The van der Waals surface area contributed by atoms with Crippen molar-refractivity contribution in [2.45, 2.75) is 24.8 Å². The van der Waals surface area contributed by atoms with E-state index in [1.165, 1.54) is 14.2 Å². The molecule has 2 rings (SSSR count). The van der Waals surface area contributed by atoms with Crippen molar-refractivity contribution in [2.24, 2.45) is 5.92 Å². The molecule has 0 spiro atoms. The van der Waals surface area contributed by atoms with E-state index in [1.54, 1.807) is 0 Å². The van der Waals surface area contributed by atoms with Crippen LogP contribution < -0.4 is 14.2 Å². The molecule has 1 fully saturated rings. The molecular weight excluding hydrogens is 323 g/mol. The number of methoxy groups -OCH3 is 2. The predicted octanol–water partition coefficient (Wildman–Crippen LogP) is 1.46. The first kappa shape index (κ1) is 18.0. The number of ether oxygens (including phenoxy) is 2. The molecule has 1 saturated heterocycles. The van der Waals surface area contributed by atoms with Crippen molar-refractivity contribution in [3.05, 3.63) is 17.9 Å². The van der Waals surface area contributed by atoms with Gasteiger partial charge in [-0.1, -0.05) is 13.8 Å². The number of hydrogen-bond acceptors (Lipinski definition) is 5. The van der Waals surface area contributed by atoms with Crippen molar-refractivity contribution in [2.75, 3.05) is 33.9 Å². The summed E-state index contributed by atoms with van der Waals surface area (Å²) in [7, 11) is -1.25. The van der Waals surface area contributed by atoms with Crippen LogP contribution in [-0.2, 0) is 10.0 Å². The first-order chi connectivity index (χ1) is 10.8. The zero-order valence-corrected chi connectivity index (χ0v) is 14.6. The standard InChI is InChI=1S/C15H23FN2O4S/c1-5-18-8-10(2)12(9-18)17-23(19,20)15-7-14(22-4)13(21-3)6-11(15)16/h6-7,10,12,17H,5,8-9H2,1-4H3. The summed E-state index contributed by atoms with van der Waals surface area (Å²) < 4.78 is 51.9. The maximum atomic E-state index is 14.2. The highest BCUT2D eigenvalue weighted by atomic mass is 32.2. The molecule has 23 heavy (non-hydrogen) atoms. The summed E-state index contributed by atoms with van der Waals surface area (Å²) in [6.45, 7) is 6.29. The normalized spacial score (nSPS) is 22.3. The summed E-state index contributed by atoms with van der Waals surface area (Å²) >= 11 is 0. The van der Waals surface area contributed by atoms with Crippen LogP contribution in [0.25, 0.3) is 0 Å². The van der Waals surface area contributed by atoms with E-state index in [-0.39, 0.29) is 23.5 Å². The fourth-order valence-corrected chi connectivity index (χ4v) is 4.19. The molecule has 130 valence electrons. The van der Waals surface area contributed by atoms with E-state index in [0.29, 0.717) is 6.54 Å². The summed E-state index contributed by atoms with van der Waals surface area (Å²) in [5.74, 6) is -0.389. The van der Waals surface area contributed by atoms with Gasteiger partial charge in [-0.3, -0.25) is 0 Å². The van der Waals surface area contributed by atoms with Crippen molar-refractivity contribution in [3.8, 4) is 11.5 Å². The van der Waals surface area contributed by atoms with Crippen LogP contribution >= 0.6 is 0 Å². The largest absolute Gasteiger partial charge is 0.493 e. The van der Waals surface area contributed by atoms with Gasteiger partial charge in [0.15, 0.2) is 11.5 Å². The number of nitrogens with zero attached hydrogens (tertiary/aromatic N) is 1. The molecule has 2 atom stereocenters. The number of sulfonamides is 1. The Labute approximate surface area is 136 Å². The Morgan fingerprint density at radius 3 is 2.39 bits per heavy atom. The van der Waals surface area contributed by atoms with Gasteiger partial charge in [0.05, 0.1) is 14.2 Å². The Morgan fingerprint density at radius 1 is 1.26 bits per heavy atom. The molecule has 8 heteroatoms. The SMILES string of the molecule is CCN1CC(C)C(NS(=O)(=O)c2cc(OC)c(OC)cc2F)C1. The lowest BCUT2D eigenvalue weighted by Crippen LogP contribution is -2.40. The third-order valence-corrected chi connectivity index (χ3v) is 5.67. The van der Waals surface area contributed by atoms with Crippen LogP contribution in [0.15, 0.2) is 17.0 Å². The van der Waals surface area contributed by atoms with E-state index in [4.69, 9.17) is 9.47 Å². The van der Waals surface area contributed by atoms with Crippen LogP contribution in [-0.4, -0.2) is 53.2 Å². The van der Waals surface area contributed by atoms with Gasteiger partial charge in [-0.2, -0.15) is 0 Å². The van der Waals surface area contributed by atoms with Crippen molar-refractivity contribution in [1.82, 2.24) is 9.62 Å². The van der Waals surface area contributed by atoms with Crippen LogP contribution in [0.1, 0.15) is 13.8 Å². The maximum Gasteiger partial charge on any atom is 0.243 e. The summed E-state index contributed by atoms with van der Waals surface area (Å²) in [4.78, 5) is 1.72. The van der Waals surface area contributed by atoms with Gasteiger partial charge in [0.2, 0.25) is 10.0 Å². The zero-order chi connectivity index (χ0) is 17.2. The van der Waals surface area contributed by atoms with Crippen molar-refractivity contribution < 1.29 is 22.3 Å². The number of halogens is 1. The van der Waals surface area contributed by atoms with E-state index in [2.05, 4.69) is 9.62 Å². The van der Waals surface area contributed by atoms with Crippen LogP contribution in [0.5, 0.6) is 11.5 Å². The molecule has 1 N–H and O–H groups in total. The average molecular weight is 346 g/mol. The Balaban J connectivity index is 2.29. The molecule has 0 saturated carbocycles. The van der Waals surface area contributed by atoms with Crippen LogP contribution in [0.2, 0.25) is 0 Å². The van der Waals surface area contributed by atoms with Crippen molar-refractivity contribution in [3.63, 3.8) is 0 Å². The van der Waals surface area contributed by atoms with E-state index in [9.17, 15) is 12.8 Å². The van der Waals surface area contributed by atoms with Gasteiger partial charge in [-0.25, -0.2) is 17.5 Å². The first-order valence-electron chi connectivity index (χ1n) is 7.48. The zero-order valence-electron chi connectivity index (χ0n) is 13.8. The van der Waals surface area contributed by atoms with E-state index < -0.39 is 20.7 Å². The van der Waals surface area contributed by atoms with Gasteiger partial charge >= 0.3 is 0 Å². The van der Waals surface area contributed by atoms with Gasteiger partial charge < -0.3 is 14.4 Å². The molecule has 0 amide bonds. The van der Waals surface area contributed by atoms with Crippen molar-refractivity contribution in [1.29, 1.82) is 0 Å². The van der Waals surface area contributed by atoms with Crippen LogP contribution in [0, 0.1) is 11.7 Å². The van der Waals surface area contributed by atoms with Gasteiger partial charge in [0.1, 0.15) is 10.7 Å². The third-order valence-electron chi connectivity index (χ3n) is 4.17. The van der Waals surface area contributed by atoms with Gasteiger partial charge in [0.25, 0.3) is 0 Å². The second-order valence-electron chi connectivity index (χ2n) is 5.69. The summed E-state index contributed by atoms with van der Waals surface area (Å²) in [5.41, 5.74) is 0. The van der Waals surface area contributed by atoms with Crippen LogP contribution in [0.3, 0.4) is 0 Å². The summed E-state index contributed by atoms with van der Waals surface area (Å²) in [6, 6.07) is 1.92. The minimum absolute atomic E-state index is 0.148. The lowest BCUT2D eigenvalue weighted by molar-refractivity contribution is 0.344. The van der Waals surface area contributed by atoms with Gasteiger partial charge in [-0.15, -0.1) is 0 Å². The lowest BCUT2D eigenvalue weighted by Gasteiger charge is -2.18. The Morgan fingerprint density at radius 2 is 1.87 bits per heavy atom. The number of benzene rings is 1. The number of hydrogen-bond donors (Lipinski definition) is 1. The summed E-state index contributed by atoms with van der Waals surface area (Å²) in [6.07, 6.45) is 0. The Hall–Kier alpha value is -1.38. The molecule has 0 radical (unpaired) electrons. The maximum absolute atomic E-state index is 14.2. The van der Waals surface area contributed by atoms with E-state index >= 15 is 0 Å². The highest BCUT2D eigenvalue weighted by Crippen LogP contribution is 2.32. The van der Waals surface area contributed by atoms with Crippen molar-refractivity contribution >= 4 is 10.0 Å². The number of likely N-dealkylation sites (tertiary alicyclic amines) is 1. The molecule has 1 aliphatic rings. The monoisotopic (exact) mass is 346 g/mol. The molecule has 1 aromatic carbocycles. The molecule has 1 heterocycles. The Bertz CT molecular complexity index is 666. The molecule has 0 bridgehead atoms. The topological polar surface area (TPSA) is 67.9 Å². The molecule has 0 aliphatic carbocycles. The number of likely N-dealkylation sites (N-methyl/N-ethyl adjacent to an activating group) is 1. The highest BCUT2D eigenvalue weighted by Gasteiger charge is 2.33. The highest BCUT2D eigenvalue weighted by molar-refractivity contribution is 7.89. The molecule has 0 aromatic heterocycles. The molecular formula is C15H23FN2O4S. The Kier molecular flexibility index (Phi) is 5.49. The number of rotatable bonds is 6. The quantitative estimate of drug-likeness (QED) is 0.845. The second-order valence-corrected chi connectivity index (χ2v) is 7.38. The molecule has 6 nitrogen and oxygen atoms in total. The molecule has 1 aliphatic heterocycles. The van der Waals surface area contributed by atoms with Gasteiger partial charge in [0, 0.05) is 31.3 Å². The minimum atomic E-state index is -3.98. The average Bonchev–Trinajstić information content (AvgIpc) is 2.86. The lowest BCUT2D eigenvalue weighted by atomic mass is 10.1. The van der Waals surface area contributed by atoms with E-state index in [0.717, 1.165) is 25.2 Å².